The molecule has 188 valence electrons. The summed E-state index contributed by atoms with van der Waals surface area (Å²) in [5.74, 6) is -0.475. The Morgan fingerprint density at radius 3 is 2.31 bits per heavy atom. The molecule has 2 N–H and O–H groups in total. The highest BCUT2D eigenvalue weighted by Crippen LogP contribution is 2.27. The molecule has 0 unspecified atom stereocenters. The maximum atomic E-state index is 13.2. The van der Waals surface area contributed by atoms with Crippen molar-refractivity contribution in [1.29, 1.82) is 0 Å². The molecule has 1 heterocycles. The lowest BCUT2D eigenvalue weighted by Crippen LogP contribution is -2.37. The number of hydrogen-bond donors (Lipinski definition) is 2. The molecule has 0 bridgehead atoms. The van der Waals surface area contributed by atoms with Gasteiger partial charge in [0.1, 0.15) is 0 Å². The van der Waals surface area contributed by atoms with Gasteiger partial charge in [-0.3, -0.25) is 9.59 Å². The van der Waals surface area contributed by atoms with Crippen LogP contribution in [0.3, 0.4) is 0 Å². The Morgan fingerprint density at radius 2 is 1.58 bits per heavy atom. The van der Waals surface area contributed by atoms with Gasteiger partial charge in [-0.25, -0.2) is 8.42 Å². The van der Waals surface area contributed by atoms with Crippen molar-refractivity contribution in [2.75, 3.05) is 18.4 Å². The Balaban J connectivity index is 1.52. The number of para-hydroxylation sites is 1. The largest absolute Gasteiger partial charge is 0.348 e. The second-order valence-corrected chi connectivity index (χ2v) is 11.2. The number of nitrogens with one attached hydrogen (secondary N) is 2. The summed E-state index contributed by atoms with van der Waals surface area (Å²) in [4.78, 5) is 26.0. The molecule has 0 spiro atoms. The van der Waals surface area contributed by atoms with Gasteiger partial charge in [0.05, 0.1) is 26.7 Å². The number of halogens is 1. The van der Waals surface area contributed by atoms with E-state index in [1.54, 1.807) is 24.3 Å². The number of hydrogen-bond acceptors (Lipinski definition) is 4. The molecule has 1 saturated heterocycles. The van der Waals surface area contributed by atoms with Crippen LogP contribution >= 0.6 is 11.6 Å². The summed E-state index contributed by atoms with van der Waals surface area (Å²) >= 11 is 6.28. The smallest absolute Gasteiger partial charge is 0.257 e. The number of rotatable bonds is 7. The fourth-order valence-corrected chi connectivity index (χ4v) is 5.77. The summed E-state index contributed by atoms with van der Waals surface area (Å²) in [6.07, 6.45) is 1.59. The van der Waals surface area contributed by atoms with Crippen LogP contribution in [0.5, 0.6) is 0 Å². The van der Waals surface area contributed by atoms with Crippen LogP contribution in [-0.2, 0) is 16.6 Å². The van der Waals surface area contributed by atoms with Crippen molar-refractivity contribution < 1.29 is 18.0 Å². The molecule has 3 aromatic rings. The van der Waals surface area contributed by atoms with E-state index < -0.39 is 15.9 Å². The first kappa shape index (κ1) is 25.9. The van der Waals surface area contributed by atoms with E-state index in [0.717, 1.165) is 18.4 Å². The molecule has 7 nitrogen and oxygen atoms in total. The Labute approximate surface area is 216 Å². The number of sulfonamides is 1. The Kier molecular flexibility index (Phi) is 8.08. The average Bonchev–Trinajstić information content (AvgIpc) is 2.88. The average molecular weight is 526 g/mol. The van der Waals surface area contributed by atoms with Gasteiger partial charge < -0.3 is 10.6 Å². The maximum Gasteiger partial charge on any atom is 0.257 e. The first-order valence-electron chi connectivity index (χ1n) is 11.8. The second kappa shape index (κ2) is 11.2. The predicted octanol–water partition coefficient (Wildman–Crippen LogP) is 4.94. The van der Waals surface area contributed by atoms with E-state index in [9.17, 15) is 18.0 Å². The molecule has 9 heteroatoms. The first-order chi connectivity index (χ1) is 17.3. The molecule has 0 aliphatic carbocycles. The minimum atomic E-state index is -3.76. The van der Waals surface area contributed by atoms with Crippen LogP contribution < -0.4 is 10.6 Å². The van der Waals surface area contributed by atoms with Crippen molar-refractivity contribution >= 4 is 39.1 Å². The quantitative estimate of drug-likeness (QED) is 0.456. The Morgan fingerprint density at radius 1 is 0.917 bits per heavy atom. The van der Waals surface area contributed by atoms with Gasteiger partial charge in [0.25, 0.3) is 11.8 Å². The maximum absolute atomic E-state index is 13.2. The highest BCUT2D eigenvalue weighted by atomic mass is 35.5. The molecule has 2 amide bonds. The van der Waals surface area contributed by atoms with Crippen molar-refractivity contribution in [3.8, 4) is 0 Å². The van der Waals surface area contributed by atoms with E-state index in [2.05, 4.69) is 17.6 Å². The van der Waals surface area contributed by atoms with Crippen LogP contribution in [-0.4, -0.2) is 37.6 Å². The van der Waals surface area contributed by atoms with Crippen molar-refractivity contribution in [1.82, 2.24) is 9.62 Å². The molecule has 0 atom stereocenters. The van der Waals surface area contributed by atoms with Crippen LogP contribution in [0.15, 0.2) is 77.7 Å². The molecule has 0 aromatic heterocycles. The summed E-state index contributed by atoms with van der Waals surface area (Å²) in [5, 5.41) is 5.68. The zero-order valence-electron chi connectivity index (χ0n) is 19.9. The summed E-state index contributed by atoms with van der Waals surface area (Å²) in [6.45, 7) is 3.33. The molecule has 1 fully saturated rings. The van der Waals surface area contributed by atoms with Gasteiger partial charge in [-0.1, -0.05) is 61.0 Å². The molecule has 3 aromatic carbocycles. The number of anilines is 1. The van der Waals surface area contributed by atoms with Gasteiger partial charge in [0.15, 0.2) is 0 Å². The molecular weight excluding hydrogens is 498 g/mol. The van der Waals surface area contributed by atoms with Gasteiger partial charge in [-0.15, -0.1) is 0 Å². The minimum Gasteiger partial charge on any atom is -0.348 e. The highest BCUT2D eigenvalue weighted by molar-refractivity contribution is 7.89. The monoisotopic (exact) mass is 525 g/mol. The molecule has 4 rings (SSSR count). The lowest BCUT2D eigenvalue weighted by atomic mass is 10.0. The topological polar surface area (TPSA) is 95.6 Å². The lowest BCUT2D eigenvalue weighted by Gasteiger charge is -2.29. The second-order valence-electron chi connectivity index (χ2n) is 8.90. The van der Waals surface area contributed by atoms with Gasteiger partial charge >= 0.3 is 0 Å². The van der Waals surface area contributed by atoms with E-state index >= 15 is 0 Å². The van der Waals surface area contributed by atoms with Crippen molar-refractivity contribution in [3.05, 3.63) is 94.5 Å². The van der Waals surface area contributed by atoms with Crippen molar-refractivity contribution in [2.45, 2.75) is 31.2 Å². The highest BCUT2D eigenvalue weighted by Gasteiger charge is 2.29. The third kappa shape index (κ3) is 5.95. The number of carbonyl (C=O) groups is 2. The molecule has 1 aliphatic heterocycles. The van der Waals surface area contributed by atoms with E-state index in [1.807, 2.05) is 30.3 Å². The molecule has 0 saturated carbocycles. The molecular formula is C27H28ClN3O4S. The third-order valence-corrected chi connectivity index (χ3v) is 8.50. The number of amides is 2. The summed E-state index contributed by atoms with van der Waals surface area (Å²) in [6, 6.07) is 20.2. The van der Waals surface area contributed by atoms with Gasteiger partial charge in [0.2, 0.25) is 10.0 Å². The molecule has 0 radical (unpaired) electrons. The van der Waals surface area contributed by atoms with Crippen LogP contribution in [0.4, 0.5) is 5.69 Å². The lowest BCUT2D eigenvalue weighted by molar-refractivity contribution is 0.0951. The first-order valence-corrected chi connectivity index (χ1v) is 13.6. The van der Waals surface area contributed by atoms with Gasteiger partial charge in [-0.2, -0.15) is 4.31 Å². The minimum absolute atomic E-state index is 0.0143. The van der Waals surface area contributed by atoms with Gasteiger partial charge in [0, 0.05) is 19.6 Å². The SMILES string of the molecule is CC1CCN(S(=O)(=O)c2ccc(Cl)c(C(=O)Nc3ccccc3C(=O)NCc3ccccc3)c2)CC1. The Hall–Kier alpha value is -3.20. The van der Waals surface area contributed by atoms with Crippen molar-refractivity contribution in [3.63, 3.8) is 0 Å². The predicted molar refractivity (Wildman–Crippen MR) is 141 cm³/mol. The number of nitrogens with zero attached hydrogens (tertiary/aromatic N) is 1. The summed E-state index contributed by atoms with van der Waals surface area (Å²) in [7, 11) is -3.76. The third-order valence-electron chi connectivity index (χ3n) is 6.28. The zero-order valence-corrected chi connectivity index (χ0v) is 21.5. The standard InChI is InChI=1S/C27H28ClN3O4S/c1-19-13-15-31(16-14-19)36(34,35)21-11-12-24(28)23(17-21)27(33)30-25-10-6-5-9-22(25)26(32)29-18-20-7-3-2-4-8-20/h2-12,17,19H,13-16,18H2,1H3,(H,29,32)(H,30,33). The Bertz CT molecular complexity index is 1350. The van der Waals surface area contributed by atoms with Crippen LogP contribution in [0.2, 0.25) is 5.02 Å². The van der Waals surface area contributed by atoms with Gasteiger partial charge in [-0.05, 0) is 54.7 Å². The van der Waals surface area contributed by atoms with Crippen LogP contribution in [0, 0.1) is 5.92 Å². The van der Waals surface area contributed by atoms with Crippen molar-refractivity contribution in [2.24, 2.45) is 5.92 Å². The van der Waals surface area contributed by atoms with Crippen LogP contribution in [0.1, 0.15) is 46.0 Å². The molecule has 1 aliphatic rings. The molecule has 36 heavy (non-hydrogen) atoms. The fourth-order valence-electron chi connectivity index (χ4n) is 4.07. The van der Waals surface area contributed by atoms with Crippen LogP contribution in [0.25, 0.3) is 0 Å². The summed E-state index contributed by atoms with van der Waals surface area (Å²) in [5.41, 5.74) is 1.54. The number of piperidine rings is 1. The van der Waals surface area contributed by atoms with E-state index in [4.69, 9.17) is 11.6 Å². The van der Waals surface area contributed by atoms with E-state index in [0.29, 0.717) is 31.2 Å². The normalized spacial score (nSPS) is 14.8. The fraction of sp³-hybridized carbons (Fsp3) is 0.259. The van der Waals surface area contributed by atoms with E-state index in [-0.39, 0.29) is 27.0 Å². The zero-order chi connectivity index (χ0) is 25.7. The number of benzene rings is 3. The summed E-state index contributed by atoms with van der Waals surface area (Å²) < 4.78 is 27.8. The number of carbonyl (C=O) groups excluding carboxylic acids is 2. The van der Waals surface area contributed by atoms with E-state index in [1.165, 1.54) is 22.5 Å².